The molecule has 1 nitrogen and oxygen atoms in total. The Balaban J connectivity index is 2.31. The van der Waals surface area contributed by atoms with Gasteiger partial charge in [-0.25, -0.2) is 0 Å². The molecule has 1 aromatic carbocycles. The molecule has 0 saturated carbocycles. The molecule has 0 N–H and O–H groups in total. The van der Waals surface area contributed by atoms with Crippen LogP contribution in [0.15, 0.2) is 24.3 Å². The number of hydrogen-bond acceptors (Lipinski definition) is 1. The van der Waals surface area contributed by atoms with Gasteiger partial charge < -0.3 is 4.74 Å². The highest BCUT2D eigenvalue weighted by molar-refractivity contribution is 6.18. The van der Waals surface area contributed by atoms with E-state index in [9.17, 15) is 0 Å². The molecule has 0 aliphatic carbocycles. The molecule has 0 radical (unpaired) electrons. The highest BCUT2D eigenvalue weighted by atomic mass is 35.5. The molecule has 102 valence electrons. The molecule has 1 atom stereocenters. The van der Waals surface area contributed by atoms with Gasteiger partial charge in [-0.05, 0) is 43.2 Å². The second kappa shape index (κ2) is 9.41. The molecule has 0 fully saturated rings. The molecule has 1 rings (SSSR count). The first-order valence-corrected chi connectivity index (χ1v) is 7.49. The summed E-state index contributed by atoms with van der Waals surface area (Å²) in [5, 5.41) is 0. The monoisotopic (exact) mass is 268 g/mol. The minimum atomic E-state index is 0.523. The number of aryl methyl sites for hydroxylation is 1. The van der Waals surface area contributed by atoms with Crippen LogP contribution >= 0.6 is 11.6 Å². The summed E-state index contributed by atoms with van der Waals surface area (Å²) in [4.78, 5) is 0. The number of hydrogen-bond donors (Lipinski definition) is 0. The van der Waals surface area contributed by atoms with Crippen molar-refractivity contribution in [1.82, 2.24) is 0 Å². The van der Waals surface area contributed by atoms with Crippen LogP contribution in [-0.2, 0) is 11.2 Å². The topological polar surface area (TPSA) is 9.23 Å². The summed E-state index contributed by atoms with van der Waals surface area (Å²) in [6.07, 6.45) is 4.47. The molecule has 0 bridgehead atoms. The molecule has 2 heteroatoms. The van der Waals surface area contributed by atoms with Gasteiger partial charge in [-0.1, -0.05) is 37.6 Å². The van der Waals surface area contributed by atoms with E-state index >= 15 is 0 Å². The zero-order valence-corrected chi connectivity index (χ0v) is 12.4. The molecule has 1 unspecified atom stereocenters. The van der Waals surface area contributed by atoms with Gasteiger partial charge in [-0.3, -0.25) is 0 Å². The van der Waals surface area contributed by atoms with Crippen molar-refractivity contribution >= 4 is 11.6 Å². The average Bonchev–Trinajstić information content (AvgIpc) is 2.39. The van der Waals surface area contributed by atoms with E-state index in [1.165, 1.54) is 17.5 Å². The second-order valence-electron chi connectivity index (χ2n) is 4.91. The Morgan fingerprint density at radius 1 is 1.22 bits per heavy atom. The van der Waals surface area contributed by atoms with E-state index in [4.69, 9.17) is 16.3 Å². The molecular formula is C16H25ClO. The van der Waals surface area contributed by atoms with Gasteiger partial charge in [0.1, 0.15) is 0 Å². The fourth-order valence-corrected chi connectivity index (χ4v) is 2.25. The molecule has 0 amide bonds. The molecule has 0 aliphatic heterocycles. The van der Waals surface area contributed by atoms with Crippen LogP contribution in [-0.4, -0.2) is 19.1 Å². The van der Waals surface area contributed by atoms with Gasteiger partial charge >= 0.3 is 0 Å². The SMILES string of the molecule is CCCCOCCC(CCl)Cc1ccccc1C. The van der Waals surface area contributed by atoms with Gasteiger partial charge in [-0.15, -0.1) is 11.6 Å². The van der Waals surface area contributed by atoms with Crippen LogP contribution in [0, 0.1) is 12.8 Å². The van der Waals surface area contributed by atoms with E-state index in [-0.39, 0.29) is 0 Å². The van der Waals surface area contributed by atoms with Crippen molar-refractivity contribution in [3.63, 3.8) is 0 Å². The fourth-order valence-electron chi connectivity index (χ4n) is 1.98. The minimum Gasteiger partial charge on any atom is -0.381 e. The largest absolute Gasteiger partial charge is 0.381 e. The number of benzene rings is 1. The Morgan fingerprint density at radius 3 is 2.67 bits per heavy atom. The molecule has 0 heterocycles. The van der Waals surface area contributed by atoms with E-state index < -0.39 is 0 Å². The normalized spacial score (nSPS) is 12.6. The first-order valence-electron chi connectivity index (χ1n) is 6.96. The van der Waals surface area contributed by atoms with Crippen molar-refractivity contribution in [2.75, 3.05) is 19.1 Å². The molecule has 0 saturated heterocycles. The summed E-state index contributed by atoms with van der Waals surface area (Å²) in [6, 6.07) is 8.55. The highest BCUT2D eigenvalue weighted by Crippen LogP contribution is 2.17. The van der Waals surface area contributed by atoms with E-state index in [0.29, 0.717) is 11.8 Å². The summed E-state index contributed by atoms with van der Waals surface area (Å²) in [5.41, 5.74) is 2.77. The van der Waals surface area contributed by atoms with Gasteiger partial charge in [0.05, 0.1) is 0 Å². The van der Waals surface area contributed by atoms with Gasteiger partial charge in [0.15, 0.2) is 0 Å². The molecule has 1 aromatic rings. The van der Waals surface area contributed by atoms with Gasteiger partial charge in [-0.2, -0.15) is 0 Å². The summed E-state index contributed by atoms with van der Waals surface area (Å²) >= 11 is 6.05. The summed E-state index contributed by atoms with van der Waals surface area (Å²) in [6.45, 7) is 6.07. The first-order chi connectivity index (χ1) is 8.77. The average molecular weight is 269 g/mol. The quantitative estimate of drug-likeness (QED) is 0.470. The van der Waals surface area contributed by atoms with Crippen LogP contribution in [0.4, 0.5) is 0 Å². The number of ether oxygens (including phenoxy) is 1. The van der Waals surface area contributed by atoms with Gasteiger partial charge in [0.2, 0.25) is 0 Å². The summed E-state index contributed by atoms with van der Waals surface area (Å²) < 4.78 is 5.62. The molecular weight excluding hydrogens is 244 g/mol. The Kier molecular flexibility index (Phi) is 8.11. The third-order valence-electron chi connectivity index (χ3n) is 3.30. The summed E-state index contributed by atoms with van der Waals surface area (Å²) in [5.74, 6) is 1.24. The van der Waals surface area contributed by atoms with E-state index in [0.717, 1.165) is 32.5 Å². The third-order valence-corrected chi connectivity index (χ3v) is 3.74. The smallest absolute Gasteiger partial charge is 0.0469 e. The molecule has 0 aromatic heterocycles. The third kappa shape index (κ3) is 5.88. The van der Waals surface area contributed by atoms with Crippen molar-refractivity contribution < 1.29 is 4.74 Å². The van der Waals surface area contributed by atoms with Crippen LogP contribution in [0.25, 0.3) is 0 Å². The number of alkyl halides is 1. The number of halogens is 1. The lowest BCUT2D eigenvalue weighted by atomic mass is 9.95. The van der Waals surface area contributed by atoms with E-state index in [1.54, 1.807) is 0 Å². The zero-order valence-electron chi connectivity index (χ0n) is 11.6. The molecule has 18 heavy (non-hydrogen) atoms. The Labute approximate surface area is 116 Å². The second-order valence-corrected chi connectivity index (χ2v) is 5.21. The van der Waals surface area contributed by atoms with Crippen LogP contribution in [0.3, 0.4) is 0 Å². The van der Waals surface area contributed by atoms with Crippen molar-refractivity contribution in [3.05, 3.63) is 35.4 Å². The fraction of sp³-hybridized carbons (Fsp3) is 0.625. The first kappa shape index (κ1) is 15.5. The maximum Gasteiger partial charge on any atom is 0.0469 e. The van der Waals surface area contributed by atoms with Crippen LogP contribution in [0.5, 0.6) is 0 Å². The van der Waals surface area contributed by atoms with Crippen molar-refractivity contribution in [2.45, 2.75) is 39.5 Å². The van der Waals surface area contributed by atoms with Crippen LogP contribution in [0.2, 0.25) is 0 Å². The Bertz CT molecular complexity index is 325. The minimum absolute atomic E-state index is 0.523. The predicted octanol–water partition coefficient (Wildman–Crippen LogP) is 4.60. The highest BCUT2D eigenvalue weighted by Gasteiger charge is 2.09. The summed E-state index contributed by atoms with van der Waals surface area (Å²) in [7, 11) is 0. The Hall–Kier alpha value is -0.530. The number of rotatable bonds is 9. The lowest BCUT2D eigenvalue weighted by molar-refractivity contribution is 0.119. The maximum atomic E-state index is 6.05. The molecule has 0 aliphatic rings. The zero-order chi connectivity index (χ0) is 13.2. The lowest BCUT2D eigenvalue weighted by Crippen LogP contribution is -2.11. The predicted molar refractivity (Wildman–Crippen MR) is 79.4 cm³/mol. The maximum absolute atomic E-state index is 6.05. The van der Waals surface area contributed by atoms with Crippen molar-refractivity contribution in [2.24, 2.45) is 5.92 Å². The van der Waals surface area contributed by atoms with Crippen LogP contribution in [0.1, 0.15) is 37.3 Å². The van der Waals surface area contributed by atoms with E-state index in [1.807, 2.05) is 0 Å². The van der Waals surface area contributed by atoms with Crippen molar-refractivity contribution in [1.29, 1.82) is 0 Å². The number of unbranched alkanes of at least 4 members (excludes halogenated alkanes) is 1. The van der Waals surface area contributed by atoms with Gasteiger partial charge in [0, 0.05) is 19.1 Å². The lowest BCUT2D eigenvalue weighted by Gasteiger charge is -2.15. The van der Waals surface area contributed by atoms with E-state index in [2.05, 4.69) is 38.1 Å². The van der Waals surface area contributed by atoms with Crippen molar-refractivity contribution in [3.8, 4) is 0 Å². The van der Waals surface area contributed by atoms with Gasteiger partial charge in [0.25, 0.3) is 0 Å². The molecule has 0 spiro atoms. The Morgan fingerprint density at radius 2 is 2.00 bits per heavy atom. The standard InChI is InChI=1S/C16H25ClO/c1-3-4-10-18-11-9-15(13-17)12-16-8-6-5-7-14(16)2/h5-8,15H,3-4,9-13H2,1-2H3. The van der Waals surface area contributed by atoms with Crippen LogP contribution < -0.4 is 0 Å².